The highest BCUT2D eigenvalue weighted by Gasteiger charge is 2.54. The molecular formula is C33H44O21. The third kappa shape index (κ3) is 7.77. The highest BCUT2D eigenvalue weighted by molar-refractivity contribution is 5.52. The van der Waals surface area contributed by atoms with Crippen LogP contribution in [0, 0.1) is 0 Å². The van der Waals surface area contributed by atoms with Crippen LogP contribution in [0.3, 0.4) is 0 Å². The van der Waals surface area contributed by atoms with Gasteiger partial charge in [0.25, 0.3) is 0 Å². The van der Waals surface area contributed by atoms with Crippen molar-refractivity contribution < 1.29 is 105 Å². The van der Waals surface area contributed by atoms with Gasteiger partial charge in [0.05, 0.1) is 25.9 Å². The summed E-state index contributed by atoms with van der Waals surface area (Å²) in [5.41, 5.74) is 0.521. The van der Waals surface area contributed by atoms with Crippen molar-refractivity contribution in [3.05, 3.63) is 41.5 Å². The maximum Gasteiger partial charge on any atom is 0.229 e. The van der Waals surface area contributed by atoms with Crippen LogP contribution in [0.2, 0.25) is 0 Å². The molecular weight excluding hydrogens is 732 g/mol. The van der Waals surface area contributed by atoms with Crippen molar-refractivity contribution in [2.75, 3.05) is 19.8 Å². The van der Waals surface area contributed by atoms with E-state index in [4.69, 9.17) is 33.2 Å². The fourth-order valence-electron chi connectivity index (χ4n) is 6.81. The first kappa shape index (κ1) is 40.5. The number of aromatic hydroxyl groups is 3. The Hall–Kier alpha value is -3.20. The van der Waals surface area contributed by atoms with Crippen molar-refractivity contribution in [2.24, 2.45) is 0 Å². The second-order valence-corrected chi connectivity index (χ2v) is 13.4. The molecule has 4 aliphatic heterocycles. The van der Waals surface area contributed by atoms with Crippen molar-refractivity contribution in [3.8, 4) is 28.7 Å². The largest absolute Gasteiger partial charge is 0.508 e. The maximum atomic E-state index is 11.3. The van der Waals surface area contributed by atoms with Crippen LogP contribution in [-0.2, 0) is 30.1 Å². The monoisotopic (exact) mass is 776 g/mol. The Labute approximate surface area is 305 Å². The van der Waals surface area contributed by atoms with Crippen molar-refractivity contribution in [2.45, 2.75) is 111 Å². The van der Waals surface area contributed by atoms with E-state index >= 15 is 0 Å². The Morgan fingerprint density at radius 3 is 1.69 bits per heavy atom. The number of phenols is 3. The first-order chi connectivity index (χ1) is 25.7. The summed E-state index contributed by atoms with van der Waals surface area (Å²) >= 11 is 0. The number of aliphatic hydroxyl groups excluding tert-OH is 11. The first-order valence-corrected chi connectivity index (χ1v) is 16.9. The van der Waals surface area contributed by atoms with Crippen LogP contribution in [0.25, 0.3) is 0 Å². The van der Waals surface area contributed by atoms with E-state index < -0.39 is 130 Å². The van der Waals surface area contributed by atoms with E-state index in [0.29, 0.717) is 0 Å². The minimum atomic E-state index is -2.03. The molecule has 0 aromatic heterocycles. The number of fused-ring (bicyclic) bond motifs is 1. The van der Waals surface area contributed by atoms with Crippen LogP contribution >= 0.6 is 0 Å². The summed E-state index contributed by atoms with van der Waals surface area (Å²) in [7, 11) is 0. The van der Waals surface area contributed by atoms with Gasteiger partial charge in [-0.1, -0.05) is 6.07 Å². The normalized spacial score (nSPS) is 41.1. The summed E-state index contributed by atoms with van der Waals surface area (Å²) < 4.78 is 39.1. The Bertz CT molecular complexity index is 1580. The molecule has 54 heavy (non-hydrogen) atoms. The standard InChI is InChI=1S/C33H44O21/c34-7-18-21(41)24(44)25(45)31(50-18)53-30-23(43)20(9-36)52-33(27(30)47)54-29-22(42)19(8-35)51-32(26(29)46)49-16-2-1-10(3-14(16)39)28-15(40)6-12-13(38)4-11(37)5-17(12)48-28/h1-5,15,18-47H,6-9H2/t15-,18+,19+,20+,21+,22+,23+,24-,25+,26+,27+,28+,29-,30-,31+,32-,33+/m0/s1. The summed E-state index contributed by atoms with van der Waals surface area (Å²) in [6.07, 6.45) is -29.1. The van der Waals surface area contributed by atoms with Crippen LogP contribution in [0.15, 0.2) is 30.3 Å². The quantitative estimate of drug-likeness (QED) is 0.107. The molecule has 3 fully saturated rings. The molecule has 0 unspecified atom stereocenters. The zero-order valence-corrected chi connectivity index (χ0v) is 28.1. The Balaban J connectivity index is 1.17. The average molecular weight is 777 g/mol. The lowest BCUT2D eigenvalue weighted by Gasteiger charge is -2.48. The average Bonchev–Trinajstić information content (AvgIpc) is 3.14. The van der Waals surface area contributed by atoms with Crippen molar-refractivity contribution in [3.63, 3.8) is 0 Å². The lowest BCUT2D eigenvalue weighted by Crippen LogP contribution is -2.67. The zero-order valence-electron chi connectivity index (χ0n) is 28.1. The van der Waals surface area contributed by atoms with E-state index in [1.807, 2.05) is 0 Å². The van der Waals surface area contributed by atoms with E-state index in [9.17, 15) is 71.5 Å². The van der Waals surface area contributed by atoms with Gasteiger partial charge in [-0.2, -0.15) is 0 Å². The van der Waals surface area contributed by atoms with Crippen LogP contribution in [0.1, 0.15) is 17.2 Å². The third-order valence-corrected chi connectivity index (χ3v) is 9.82. The molecule has 14 N–H and O–H groups in total. The molecule has 17 atom stereocenters. The number of rotatable bonds is 10. The van der Waals surface area contributed by atoms with Gasteiger partial charge in [-0.15, -0.1) is 0 Å². The SMILES string of the molecule is OC[C@H]1O[C@H](O[C@@H]2[C@@H](O)[C@@H](O[C@@H]3[C@@H](O)[C@@H](Oc4ccc([C@H]5Oc6cc(O)cc(O)c6C[C@@H]5O)cc4O)O[C@H](CO)[C@H]3O)O[C@H](CO)[C@H]2O)[C@H](O)[C@@H](O)[C@@H]1O. The lowest BCUT2D eigenvalue weighted by atomic mass is 9.94. The molecule has 0 saturated carbocycles. The number of hydrogen-bond donors (Lipinski definition) is 14. The van der Waals surface area contributed by atoms with Gasteiger partial charge in [0.2, 0.25) is 6.29 Å². The molecule has 4 aliphatic rings. The molecule has 21 heteroatoms. The maximum absolute atomic E-state index is 11.3. The van der Waals surface area contributed by atoms with Gasteiger partial charge in [-0.05, 0) is 17.7 Å². The van der Waals surface area contributed by atoms with Crippen molar-refractivity contribution in [1.82, 2.24) is 0 Å². The summed E-state index contributed by atoms with van der Waals surface area (Å²) in [4.78, 5) is 0. The van der Waals surface area contributed by atoms with E-state index in [-0.39, 0.29) is 40.5 Å². The van der Waals surface area contributed by atoms with E-state index in [1.54, 1.807) is 0 Å². The first-order valence-electron chi connectivity index (χ1n) is 16.9. The van der Waals surface area contributed by atoms with E-state index in [2.05, 4.69) is 0 Å². The van der Waals surface area contributed by atoms with Gasteiger partial charge in [-0.25, -0.2) is 0 Å². The van der Waals surface area contributed by atoms with E-state index in [0.717, 1.165) is 6.07 Å². The zero-order chi connectivity index (χ0) is 39.2. The minimum Gasteiger partial charge on any atom is -0.508 e. The summed E-state index contributed by atoms with van der Waals surface area (Å²) in [5, 5.41) is 146. The molecule has 0 amide bonds. The Morgan fingerprint density at radius 2 is 1.11 bits per heavy atom. The predicted octanol–water partition coefficient (Wildman–Crippen LogP) is -5.33. The number of benzene rings is 2. The predicted molar refractivity (Wildman–Crippen MR) is 171 cm³/mol. The minimum absolute atomic E-state index is 0.0441. The molecule has 2 aromatic carbocycles. The Kier molecular flexibility index (Phi) is 12.4. The van der Waals surface area contributed by atoms with Crippen LogP contribution < -0.4 is 9.47 Å². The molecule has 21 nitrogen and oxygen atoms in total. The number of phenolic OH excluding ortho intramolecular Hbond substituents is 3. The summed E-state index contributed by atoms with van der Waals surface area (Å²) in [5.74, 6) is -1.26. The Morgan fingerprint density at radius 1 is 0.574 bits per heavy atom. The fourth-order valence-corrected chi connectivity index (χ4v) is 6.81. The highest BCUT2D eigenvalue weighted by Crippen LogP contribution is 2.43. The van der Waals surface area contributed by atoms with Gasteiger partial charge in [0.15, 0.2) is 24.1 Å². The molecule has 3 saturated heterocycles. The van der Waals surface area contributed by atoms with Crippen molar-refractivity contribution >= 4 is 0 Å². The highest BCUT2D eigenvalue weighted by atomic mass is 16.8. The molecule has 2 aromatic rings. The van der Waals surface area contributed by atoms with Crippen molar-refractivity contribution in [1.29, 1.82) is 0 Å². The van der Waals surface area contributed by atoms with Crippen LogP contribution in [0.4, 0.5) is 0 Å². The second kappa shape index (κ2) is 16.5. The number of aliphatic hydroxyl groups is 11. The molecule has 6 rings (SSSR count). The second-order valence-electron chi connectivity index (χ2n) is 13.4. The van der Waals surface area contributed by atoms with Crippen LogP contribution in [0.5, 0.6) is 28.7 Å². The molecule has 0 bridgehead atoms. The topological polar surface area (TPSA) is 348 Å². The molecule has 302 valence electrons. The molecule has 4 heterocycles. The van der Waals surface area contributed by atoms with Gasteiger partial charge >= 0.3 is 0 Å². The fraction of sp³-hybridized carbons (Fsp3) is 0.636. The third-order valence-electron chi connectivity index (χ3n) is 9.82. The molecule has 0 radical (unpaired) electrons. The summed E-state index contributed by atoms with van der Waals surface area (Å²) in [6, 6.07) is 6.18. The van der Waals surface area contributed by atoms with Crippen LogP contribution in [-0.4, -0.2) is 190 Å². The summed E-state index contributed by atoms with van der Waals surface area (Å²) in [6.45, 7) is -2.55. The van der Waals surface area contributed by atoms with Gasteiger partial charge in [0.1, 0.15) is 96.6 Å². The smallest absolute Gasteiger partial charge is 0.229 e. The number of hydrogen-bond acceptors (Lipinski definition) is 21. The van der Waals surface area contributed by atoms with Gasteiger partial charge in [0, 0.05) is 24.1 Å². The van der Waals surface area contributed by atoms with E-state index in [1.165, 1.54) is 24.3 Å². The number of ether oxygens (including phenoxy) is 7. The molecule has 0 aliphatic carbocycles. The van der Waals surface area contributed by atoms with Gasteiger partial charge in [-0.3, -0.25) is 0 Å². The van der Waals surface area contributed by atoms with Gasteiger partial charge < -0.3 is 105 Å². The molecule has 0 spiro atoms. The lowest BCUT2D eigenvalue weighted by molar-refractivity contribution is -0.378.